The van der Waals surface area contributed by atoms with Crippen molar-refractivity contribution in [1.29, 1.82) is 0 Å². The van der Waals surface area contributed by atoms with Gasteiger partial charge in [0, 0.05) is 23.2 Å². The number of aryl methyl sites for hydroxylation is 1. The second-order valence-corrected chi connectivity index (χ2v) is 14.2. The molecule has 2 unspecified atom stereocenters. The van der Waals surface area contributed by atoms with Crippen LogP contribution >= 0.6 is 23.2 Å². The fourth-order valence-corrected chi connectivity index (χ4v) is 7.60. The zero-order valence-electron chi connectivity index (χ0n) is 24.9. The lowest BCUT2D eigenvalue weighted by atomic mass is 10.0. The van der Waals surface area contributed by atoms with Crippen LogP contribution in [0.1, 0.15) is 45.8 Å². The van der Waals surface area contributed by atoms with Gasteiger partial charge in [0.1, 0.15) is 17.6 Å². The van der Waals surface area contributed by atoms with Gasteiger partial charge in [0.2, 0.25) is 0 Å². The summed E-state index contributed by atoms with van der Waals surface area (Å²) in [6, 6.07) is 22.4. The van der Waals surface area contributed by atoms with Crippen LogP contribution in [-0.2, 0) is 16.3 Å². The summed E-state index contributed by atoms with van der Waals surface area (Å²) in [7, 11) is -3.87. The van der Waals surface area contributed by atoms with Crippen LogP contribution in [0, 0.1) is 12.7 Å². The van der Waals surface area contributed by atoms with Gasteiger partial charge in [-0.05, 0) is 80.6 Å². The molecule has 8 nitrogen and oxygen atoms in total. The molecule has 12 heteroatoms. The Morgan fingerprint density at radius 2 is 1.80 bits per heavy atom. The number of fused-ring (bicyclic) bond motifs is 1. The molecule has 0 bridgehead atoms. The number of aromatic nitrogens is 3. The fourth-order valence-electron chi connectivity index (χ4n) is 5.47. The maximum absolute atomic E-state index is 14.1. The number of halogens is 3. The van der Waals surface area contributed by atoms with Crippen molar-refractivity contribution >= 4 is 51.0 Å². The summed E-state index contributed by atoms with van der Waals surface area (Å²) in [5.41, 5.74) is 3.10. The summed E-state index contributed by atoms with van der Waals surface area (Å²) < 4.78 is 45.3. The Labute approximate surface area is 276 Å². The normalized spacial score (nSPS) is 16.2. The predicted molar refractivity (Wildman–Crippen MR) is 176 cm³/mol. The summed E-state index contributed by atoms with van der Waals surface area (Å²) in [6.07, 6.45) is 3.36. The van der Waals surface area contributed by atoms with E-state index in [0.717, 1.165) is 5.56 Å². The van der Waals surface area contributed by atoms with Crippen molar-refractivity contribution < 1.29 is 22.2 Å². The van der Waals surface area contributed by atoms with Crippen LogP contribution < -0.4 is 5.32 Å². The first kappa shape index (κ1) is 31.6. The minimum atomic E-state index is -3.87. The van der Waals surface area contributed by atoms with E-state index in [0.29, 0.717) is 33.3 Å². The molecule has 0 aliphatic carbocycles. The molecular weight excluding hydrogens is 648 g/mol. The molecule has 0 spiro atoms. The van der Waals surface area contributed by atoms with Crippen molar-refractivity contribution in [2.75, 3.05) is 6.54 Å². The molecule has 234 valence electrons. The first-order valence-corrected chi connectivity index (χ1v) is 16.8. The van der Waals surface area contributed by atoms with Gasteiger partial charge in [-0.25, -0.2) is 17.4 Å². The van der Waals surface area contributed by atoms with Crippen molar-refractivity contribution in [1.82, 2.24) is 20.1 Å². The molecule has 2 atom stereocenters. The molecule has 1 aliphatic heterocycles. The van der Waals surface area contributed by atoms with Gasteiger partial charge in [-0.3, -0.25) is 9.78 Å². The second-order valence-electron chi connectivity index (χ2n) is 11.1. The van der Waals surface area contributed by atoms with Gasteiger partial charge in [0.05, 0.1) is 33.4 Å². The highest BCUT2D eigenvalue weighted by Crippen LogP contribution is 2.37. The minimum Gasteiger partial charge on any atom is -0.342 e. The molecule has 1 N–H and O–H groups in total. The molecule has 0 fully saturated rings. The number of sulfone groups is 1. The number of amides is 1. The van der Waals surface area contributed by atoms with Crippen molar-refractivity contribution in [2.24, 2.45) is 0 Å². The zero-order valence-corrected chi connectivity index (χ0v) is 27.2. The van der Waals surface area contributed by atoms with E-state index in [1.807, 2.05) is 13.0 Å². The Balaban J connectivity index is 1.54. The fraction of sp³-hybridized carbons (Fsp3) is 0.176. The number of benzene rings is 3. The number of carbonyl (C=O) groups excluding carboxylic acids is 1. The zero-order chi connectivity index (χ0) is 32.6. The van der Waals surface area contributed by atoms with Crippen molar-refractivity contribution in [3.05, 3.63) is 135 Å². The van der Waals surface area contributed by atoms with Gasteiger partial charge >= 0.3 is 5.82 Å². The van der Waals surface area contributed by atoms with E-state index in [1.165, 1.54) is 16.8 Å². The molecule has 0 saturated heterocycles. The van der Waals surface area contributed by atoms with Crippen molar-refractivity contribution in [2.45, 2.75) is 36.5 Å². The van der Waals surface area contributed by atoms with Crippen molar-refractivity contribution in [3.63, 3.8) is 0 Å². The topological polar surface area (TPSA) is 97.0 Å². The van der Waals surface area contributed by atoms with E-state index >= 15 is 0 Å². The standard InChI is InChI=1S/C34H28Cl2FN5O3S/c1-21-6-13-26(14-7-21)46(44,45)27-18-28-32(33(43)39-22(2)30-5-3-4-16-38-30)40-42(31-15-10-24(35)17-29(31)36)34(28)41(20-27)19-23-8-11-25(37)12-9-23/h3-17,19,22,27H,18,20H2,1-2H3/p+1. The SMILES string of the molecule is Cc1ccc(S(=O)(=O)C2Cc3c(C(=O)NC(C)c4ccccn4)nn(-c4ccc(Cl)cc4Cl)c3[N+](=Cc3ccc(F)cc3)C2)cc1. The van der Waals surface area contributed by atoms with Crippen LogP contribution in [0.3, 0.4) is 0 Å². The highest BCUT2D eigenvalue weighted by atomic mass is 35.5. The third-order valence-corrected chi connectivity index (χ3v) is 10.5. The summed E-state index contributed by atoms with van der Waals surface area (Å²) in [5.74, 6) is -0.455. The summed E-state index contributed by atoms with van der Waals surface area (Å²) in [4.78, 5) is 18.5. The first-order chi connectivity index (χ1) is 22.0. The Morgan fingerprint density at radius 1 is 1.07 bits per heavy atom. The maximum atomic E-state index is 14.1. The van der Waals surface area contributed by atoms with Gasteiger partial charge in [0.25, 0.3) is 5.91 Å². The lowest BCUT2D eigenvalue weighted by Gasteiger charge is -2.23. The summed E-state index contributed by atoms with van der Waals surface area (Å²) in [6.45, 7) is 3.72. The van der Waals surface area contributed by atoms with Crippen LogP contribution in [0.2, 0.25) is 10.0 Å². The third kappa shape index (κ3) is 6.33. The highest BCUT2D eigenvalue weighted by molar-refractivity contribution is 7.92. The number of nitrogens with one attached hydrogen (secondary N) is 1. The van der Waals surface area contributed by atoms with E-state index < -0.39 is 32.9 Å². The van der Waals surface area contributed by atoms with E-state index in [9.17, 15) is 17.6 Å². The van der Waals surface area contributed by atoms with E-state index in [4.69, 9.17) is 28.3 Å². The van der Waals surface area contributed by atoms with Crippen LogP contribution in [0.5, 0.6) is 0 Å². The van der Waals surface area contributed by atoms with Crippen molar-refractivity contribution in [3.8, 4) is 5.69 Å². The second kappa shape index (κ2) is 12.8. The maximum Gasteiger partial charge on any atom is 0.313 e. The quantitative estimate of drug-likeness (QED) is 0.194. The van der Waals surface area contributed by atoms with Gasteiger partial charge in [0.15, 0.2) is 21.2 Å². The lowest BCUT2D eigenvalue weighted by molar-refractivity contribution is -0.445. The van der Waals surface area contributed by atoms with Gasteiger partial charge in [-0.15, -0.1) is 0 Å². The van der Waals surface area contributed by atoms with Gasteiger partial charge in [-0.1, -0.05) is 56.7 Å². The number of rotatable bonds is 7. The molecule has 5 aromatic rings. The molecule has 2 aromatic heterocycles. The molecule has 1 aliphatic rings. The number of hydrogen-bond donors (Lipinski definition) is 1. The smallest absolute Gasteiger partial charge is 0.313 e. The largest absolute Gasteiger partial charge is 0.342 e. The Bertz CT molecular complexity index is 2070. The van der Waals surface area contributed by atoms with E-state index in [2.05, 4.69) is 10.3 Å². The highest BCUT2D eigenvalue weighted by Gasteiger charge is 2.43. The number of pyridine rings is 1. The van der Waals surface area contributed by atoms with E-state index in [-0.39, 0.29) is 28.6 Å². The molecule has 3 heterocycles. The molecule has 46 heavy (non-hydrogen) atoms. The predicted octanol–water partition coefficient (Wildman–Crippen LogP) is 6.67. The molecule has 3 aromatic carbocycles. The Hall–Kier alpha value is -4.38. The number of carbonyl (C=O) groups is 1. The average Bonchev–Trinajstić information content (AvgIpc) is 3.42. The Morgan fingerprint density at radius 3 is 2.48 bits per heavy atom. The van der Waals surface area contributed by atoms with E-state index in [1.54, 1.807) is 90.6 Å². The number of hydrogen-bond acceptors (Lipinski definition) is 5. The third-order valence-electron chi connectivity index (χ3n) is 7.86. The average molecular weight is 678 g/mol. The number of nitrogens with zero attached hydrogens (tertiary/aromatic N) is 4. The van der Waals surface area contributed by atoms with Crippen LogP contribution in [0.25, 0.3) is 5.69 Å². The van der Waals surface area contributed by atoms with Gasteiger partial charge < -0.3 is 5.32 Å². The lowest BCUT2D eigenvalue weighted by Crippen LogP contribution is -2.38. The van der Waals surface area contributed by atoms with Crippen LogP contribution in [0.15, 0.2) is 96.0 Å². The van der Waals surface area contributed by atoms with Crippen LogP contribution in [-0.4, -0.2) is 51.7 Å². The molecule has 0 radical (unpaired) electrons. The molecule has 1 amide bonds. The van der Waals surface area contributed by atoms with Gasteiger partial charge in [-0.2, -0.15) is 0 Å². The van der Waals surface area contributed by atoms with Crippen LogP contribution in [0.4, 0.5) is 10.2 Å². The molecular formula is C34H29Cl2FN5O3S+. The summed E-state index contributed by atoms with van der Waals surface area (Å²) >= 11 is 12.9. The minimum absolute atomic E-state index is 0.00519. The Kier molecular flexibility index (Phi) is 8.78. The molecule has 0 saturated carbocycles. The summed E-state index contributed by atoms with van der Waals surface area (Å²) in [5, 5.41) is 7.45. The monoisotopic (exact) mass is 676 g/mol. The first-order valence-electron chi connectivity index (χ1n) is 14.5. The molecule has 6 rings (SSSR count).